The number of nitrogens with zero attached hydrogens (tertiary/aromatic N) is 1. The highest BCUT2D eigenvalue weighted by atomic mass is 28.4. The van der Waals surface area contributed by atoms with Gasteiger partial charge in [0.25, 0.3) is 0 Å². The van der Waals surface area contributed by atoms with Crippen molar-refractivity contribution in [2.24, 2.45) is 5.73 Å². The minimum Gasteiger partial charge on any atom is -0.398 e. The van der Waals surface area contributed by atoms with Crippen molar-refractivity contribution >= 4 is 8.56 Å². The zero-order chi connectivity index (χ0) is 14.7. The van der Waals surface area contributed by atoms with E-state index in [0.29, 0.717) is 13.1 Å². The SMILES string of the molecule is CON(CCC[Si](C)(OC)OC(C)CCCN)OC. The molecule has 0 aliphatic carbocycles. The van der Waals surface area contributed by atoms with Crippen LogP contribution in [0, 0.1) is 0 Å². The fourth-order valence-electron chi connectivity index (χ4n) is 1.89. The van der Waals surface area contributed by atoms with E-state index >= 15 is 0 Å². The van der Waals surface area contributed by atoms with E-state index in [4.69, 9.17) is 24.3 Å². The van der Waals surface area contributed by atoms with Gasteiger partial charge in [-0.05, 0) is 45.3 Å². The van der Waals surface area contributed by atoms with Crippen molar-refractivity contribution in [1.29, 1.82) is 0 Å². The van der Waals surface area contributed by atoms with Crippen LogP contribution in [0.5, 0.6) is 0 Å². The average Bonchev–Trinajstić information content (AvgIpc) is 2.41. The molecule has 7 heteroatoms. The van der Waals surface area contributed by atoms with E-state index in [0.717, 1.165) is 25.3 Å². The maximum Gasteiger partial charge on any atom is 0.334 e. The largest absolute Gasteiger partial charge is 0.398 e. The van der Waals surface area contributed by atoms with E-state index in [1.807, 2.05) is 0 Å². The van der Waals surface area contributed by atoms with E-state index in [1.54, 1.807) is 21.3 Å². The molecule has 0 amide bonds. The summed E-state index contributed by atoms with van der Waals surface area (Å²) in [4.78, 5) is 10.0. The first kappa shape index (κ1) is 19.0. The molecule has 0 aromatic rings. The molecular weight excluding hydrogens is 264 g/mol. The van der Waals surface area contributed by atoms with E-state index in [1.165, 1.54) is 5.23 Å². The maximum absolute atomic E-state index is 6.10. The number of nitrogens with two attached hydrogens (primary N) is 1. The molecular formula is C12H30N2O4Si. The molecule has 6 nitrogen and oxygen atoms in total. The lowest BCUT2D eigenvalue weighted by Crippen LogP contribution is -2.41. The topological polar surface area (TPSA) is 66.2 Å². The van der Waals surface area contributed by atoms with Crippen LogP contribution in [0.4, 0.5) is 0 Å². The Hall–Kier alpha value is -0.0231. The molecule has 0 aliphatic heterocycles. The van der Waals surface area contributed by atoms with E-state index in [-0.39, 0.29) is 6.10 Å². The predicted molar refractivity (Wildman–Crippen MR) is 77.6 cm³/mol. The van der Waals surface area contributed by atoms with E-state index in [2.05, 4.69) is 13.5 Å². The van der Waals surface area contributed by atoms with Crippen LogP contribution in [0.25, 0.3) is 0 Å². The lowest BCUT2D eigenvalue weighted by atomic mass is 10.2. The van der Waals surface area contributed by atoms with Crippen molar-refractivity contribution in [3.05, 3.63) is 0 Å². The quantitative estimate of drug-likeness (QED) is 0.436. The van der Waals surface area contributed by atoms with Crippen LogP contribution < -0.4 is 5.73 Å². The molecule has 0 saturated heterocycles. The molecule has 2 unspecified atom stereocenters. The maximum atomic E-state index is 6.10. The van der Waals surface area contributed by atoms with Gasteiger partial charge in [0, 0.05) is 13.2 Å². The molecule has 0 bridgehead atoms. The average molecular weight is 294 g/mol. The van der Waals surface area contributed by atoms with Crippen molar-refractivity contribution in [3.63, 3.8) is 0 Å². The minimum atomic E-state index is -2.11. The summed E-state index contributed by atoms with van der Waals surface area (Å²) in [6, 6.07) is 0.902. The summed E-state index contributed by atoms with van der Waals surface area (Å²) in [5.41, 5.74) is 5.51. The molecule has 0 saturated carbocycles. The van der Waals surface area contributed by atoms with Gasteiger partial charge in [-0.2, -0.15) is 0 Å². The van der Waals surface area contributed by atoms with Crippen LogP contribution in [0.3, 0.4) is 0 Å². The molecule has 116 valence electrons. The van der Waals surface area contributed by atoms with E-state index < -0.39 is 8.56 Å². The third-order valence-corrected chi connectivity index (χ3v) is 6.10. The Morgan fingerprint density at radius 3 is 2.26 bits per heavy atom. The van der Waals surface area contributed by atoms with Gasteiger partial charge in [0.05, 0.1) is 20.8 Å². The van der Waals surface area contributed by atoms with Crippen LogP contribution >= 0.6 is 0 Å². The molecule has 0 aliphatic rings. The summed E-state index contributed by atoms with van der Waals surface area (Å²) in [6.07, 6.45) is 3.06. The van der Waals surface area contributed by atoms with Gasteiger partial charge in [0.2, 0.25) is 0 Å². The van der Waals surface area contributed by atoms with Gasteiger partial charge < -0.3 is 14.6 Å². The highest BCUT2D eigenvalue weighted by molar-refractivity contribution is 6.66. The highest BCUT2D eigenvalue weighted by Gasteiger charge is 2.31. The Labute approximate surface area is 118 Å². The van der Waals surface area contributed by atoms with Gasteiger partial charge in [-0.3, -0.25) is 9.68 Å². The van der Waals surface area contributed by atoms with Crippen LogP contribution in [0.1, 0.15) is 26.2 Å². The van der Waals surface area contributed by atoms with Gasteiger partial charge in [-0.25, -0.2) is 0 Å². The van der Waals surface area contributed by atoms with Crippen molar-refractivity contribution in [2.75, 3.05) is 34.4 Å². The summed E-state index contributed by atoms with van der Waals surface area (Å²) >= 11 is 0. The number of hydrogen-bond donors (Lipinski definition) is 1. The van der Waals surface area contributed by atoms with Crippen molar-refractivity contribution in [2.45, 2.75) is 44.9 Å². The molecule has 2 N–H and O–H groups in total. The predicted octanol–water partition coefficient (Wildman–Crippen LogP) is 1.66. The molecule has 0 heterocycles. The van der Waals surface area contributed by atoms with Gasteiger partial charge >= 0.3 is 8.56 Å². The Kier molecular flexibility index (Phi) is 10.7. The van der Waals surface area contributed by atoms with Crippen molar-refractivity contribution in [3.8, 4) is 0 Å². The molecule has 0 aromatic heterocycles. The number of hydrogen-bond acceptors (Lipinski definition) is 6. The third-order valence-electron chi connectivity index (χ3n) is 3.08. The summed E-state index contributed by atoms with van der Waals surface area (Å²) in [7, 11) is 2.79. The van der Waals surface area contributed by atoms with Crippen molar-refractivity contribution in [1.82, 2.24) is 5.23 Å². The summed E-state index contributed by atoms with van der Waals surface area (Å²) < 4.78 is 11.7. The standard InChI is InChI=1S/C12H30N2O4Si/c1-12(8-6-9-13)18-19(5,17-4)11-7-10-14(15-2)16-3/h12H,6-11,13H2,1-5H3. The molecule has 2 atom stereocenters. The first-order chi connectivity index (χ1) is 9.01. The monoisotopic (exact) mass is 294 g/mol. The van der Waals surface area contributed by atoms with Crippen LogP contribution in [0.15, 0.2) is 0 Å². The summed E-state index contributed by atoms with van der Waals surface area (Å²) in [6.45, 7) is 5.57. The Bertz CT molecular complexity index is 220. The Morgan fingerprint density at radius 1 is 1.16 bits per heavy atom. The summed E-state index contributed by atoms with van der Waals surface area (Å²) in [5, 5.41) is 1.45. The third kappa shape index (κ3) is 8.69. The Morgan fingerprint density at radius 2 is 1.79 bits per heavy atom. The zero-order valence-electron chi connectivity index (χ0n) is 13.0. The Balaban J connectivity index is 4.06. The minimum absolute atomic E-state index is 0.195. The van der Waals surface area contributed by atoms with Crippen molar-refractivity contribution < 1.29 is 18.5 Å². The first-order valence-electron chi connectivity index (χ1n) is 6.80. The van der Waals surface area contributed by atoms with Crippen LogP contribution in [0.2, 0.25) is 12.6 Å². The molecule has 0 fully saturated rings. The lowest BCUT2D eigenvalue weighted by molar-refractivity contribution is -0.342. The second-order valence-corrected chi connectivity index (χ2v) is 8.13. The van der Waals surface area contributed by atoms with E-state index in [9.17, 15) is 0 Å². The number of hydroxylamine groups is 2. The van der Waals surface area contributed by atoms with Crippen LogP contribution in [-0.2, 0) is 18.5 Å². The first-order valence-corrected chi connectivity index (χ1v) is 9.32. The molecule has 0 radical (unpaired) electrons. The number of rotatable bonds is 12. The van der Waals surface area contributed by atoms with Crippen LogP contribution in [-0.4, -0.2) is 54.3 Å². The molecule has 0 spiro atoms. The summed E-state index contributed by atoms with van der Waals surface area (Å²) in [5.74, 6) is 0. The van der Waals surface area contributed by atoms with Gasteiger partial charge in [-0.15, -0.1) is 0 Å². The fraction of sp³-hybridized carbons (Fsp3) is 1.00. The molecule has 19 heavy (non-hydrogen) atoms. The smallest absolute Gasteiger partial charge is 0.334 e. The zero-order valence-corrected chi connectivity index (χ0v) is 14.0. The van der Waals surface area contributed by atoms with Gasteiger partial charge in [-0.1, -0.05) is 5.23 Å². The highest BCUT2D eigenvalue weighted by Crippen LogP contribution is 2.19. The van der Waals surface area contributed by atoms with Gasteiger partial charge in [0.1, 0.15) is 0 Å². The second kappa shape index (κ2) is 10.7. The second-order valence-electron chi connectivity index (χ2n) is 4.72. The molecule has 0 rings (SSSR count). The lowest BCUT2D eigenvalue weighted by Gasteiger charge is -2.29. The fourth-order valence-corrected chi connectivity index (χ4v) is 4.07. The van der Waals surface area contributed by atoms with Gasteiger partial charge in [0.15, 0.2) is 0 Å². The normalized spacial score (nSPS) is 16.6. The molecule has 0 aromatic carbocycles.